The number of methoxy groups -OCH3 is 1. The number of aryl methyl sites for hydroxylation is 1. The van der Waals surface area contributed by atoms with Gasteiger partial charge in [-0.3, -0.25) is 0 Å². The van der Waals surface area contributed by atoms with E-state index < -0.39 is 12.1 Å². The minimum atomic E-state index is -0.916. The third kappa shape index (κ3) is 4.16. The van der Waals surface area contributed by atoms with Gasteiger partial charge in [0.25, 0.3) is 0 Å². The first-order chi connectivity index (χ1) is 10.5. The number of hydrogen-bond donors (Lipinski definition) is 3. The SMILES string of the molecule is COc1ccc(Cl)cc1NC(=O)NCC(O)c1ccc(C)o1. The number of halogens is 1. The number of aliphatic hydroxyl groups is 1. The molecule has 1 aromatic heterocycles. The normalized spacial score (nSPS) is 11.8. The summed E-state index contributed by atoms with van der Waals surface area (Å²) in [4.78, 5) is 11.9. The summed E-state index contributed by atoms with van der Waals surface area (Å²) in [5, 5.41) is 15.5. The van der Waals surface area contributed by atoms with E-state index >= 15 is 0 Å². The van der Waals surface area contributed by atoms with Crippen LogP contribution in [0.15, 0.2) is 34.7 Å². The molecular weight excluding hydrogens is 308 g/mol. The predicted octanol–water partition coefficient (Wildman–Crippen LogP) is 3.11. The third-order valence-corrected chi connectivity index (χ3v) is 3.19. The average Bonchev–Trinajstić information content (AvgIpc) is 2.92. The lowest BCUT2D eigenvalue weighted by Gasteiger charge is -2.13. The molecule has 118 valence electrons. The largest absolute Gasteiger partial charge is 0.495 e. The summed E-state index contributed by atoms with van der Waals surface area (Å²) in [5.74, 6) is 1.59. The Labute approximate surface area is 133 Å². The minimum Gasteiger partial charge on any atom is -0.495 e. The van der Waals surface area contributed by atoms with E-state index in [-0.39, 0.29) is 6.54 Å². The van der Waals surface area contributed by atoms with Gasteiger partial charge in [-0.05, 0) is 37.3 Å². The van der Waals surface area contributed by atoms with Crippen molar-refractivity contribution in [2.75, 3.05) is 19.0 Å². The van der Waals surface area contributed by atoms with Crippen molar-refractivity contribution in [3.8, 4) is 5.75 Å². The molecule has 0 saturated heterocycles. The number of urea groups is 1. The Morgan fingerprint density at radius 2 is 2.18 bits per heavy atom. The van der Waals surface area contributed by atoms with Gasteiger partial charge in [0.2, 0.25) is 0 Å². The Kier molecular flexibility index (Phi) is 5.30. The van der Waals surface area contributed by atoms with Crippen molar-refractivity contribution in [2.24, 2.45) is 0 Å². The molecule has 0 fully saturated rings. The Bertz CT molecular complexity index is 657. The predicted molar refractivity (Wildman–Crippen MR) is 83.4 cm³/mol. The monoisotopic (exact) mass is 324 g/mol. The molecule has 0 saturated carbocycles. The number of aliphatic hydroxyl groups excluding tert-OH is 1. The molecular formula is C15H17ClN2O4. The van der Waals surface area contributed by atoms with Crippen LogP contribution in [0.1, 0.15) is 17.6 Å². The van der Waals surface area contributed by atoms with Gasteiger partial charge < -0.3 is 24.9 Å². The van der Waals surface area contributed by atoms with Crippen LogP contribution in [0.4, 0.5) is 10.5 Å². The van der Waals surface area contributed by atoms with Gasteiger partial charge in [-0.2, -0.15) is 0 Å². The second kappa shape index (κ2) is 7.20. The number of benzene rings is 1. The molecule has 2 aromatic rings. The van der Waals surface area contributed by atoms with Gasteiger partial charge in [-0.15, -0.1) is 0 Å². The van der Waals surface area contributed by atoms with Crippen LogP contribution < -0.4 is 15.4 Å². The highest BCUT2D eigenvalue weighted by molar-refractivity contribution is 6.31. The van der Waals surface area contributed by atoms with E-state index in [2.05, 4.69) is 10.6 Å². The highest BCUT2D eigenvalue weighted by Gasteiger charge is 2.14. The Morgan fingerprint density at radius 1 is 1.41 bits per heavy atom. The smallest absolute Gasteiger partial charge is 0.319 e. The fourth-order valence-electron chi connectivity index (χ4n) is 1.87. The number of ether oxygens (including phenoxy) is 1. The Balaban J connectivity index is 1.92. The topological polar surface area (TPSA) is 83.7 Å². The maximum Gasteiger partial charge on any atom is 0.319 e. The summed E-state index contributed by atoms with van der Waals surface area (Å²) in [6.07, 6.45) is -0.916. The Morgan fingerprint density at radius 3 is 2.82 bits per heavy atom. The fraction of sp³-hybridized carbons (Fsp3) is 0.267. The highest BCUT2D eigenvalue weighted by atomic mass is 35.5. The van der Waals surface area contributed by atoms with Crippen LogP contribution in [0.2, 0.25) is 5.02 Å². The molecule has 3 N–H and O–H groups in total. The summed E-state index contributed by atoms with van der Waals surface area (Å²) in [7, 11) is 1.50. The zero-order chi connectivity index (χ0) is 16.1. The van der Waals surface area contributed by atoms with Crippen molar-refractivity contribution < 1.29 is 19.1 Å². The molecule has 0 aliphatic rings. The van der Waals surface area contributed by atoms with Crippen molar-refractivity contribution in [3.63, 3.8) is 0 Å². The zero-order valence-electron chi connectivity index (χ0n) is 12.2. The van der Waals surface area contributed by atoms with Crippen molar-refractivity contribution >= 4 is 23.3 Å². The first-order valence-electron chi connectivity index (χ1n) is 6.62. The Hall–Kier alpha value is -2.18. The number of rotatable bonds is 5. The van der Waals surface area contributed by atoms with Crippen LogP contribution >= 0.6 is 11.6 Å². The van der Waals surface area contributed by atoms with Crippen LogP contribution in [0.25, 0.3) is 0 Å². The molecule has 0 spiro atoms. The number of anilines is 1. The summed E-state index contributed by atoms with van der Waals surface area (Å²) in [6.45, 7) is 1.80. The first-order valence-corrected chi connectivity index (χ1v) is 7.00. The maximum atomic E-state index is 11.9. The van der Waals surface area contributed by atoms with Gasteiger partial charge in [0.05, 0.1) is 19.3 Å². The standard InChI is InChI=1S/C15H17ClN2O4/c1-9-3-5-14(22-9)12(19)8-17-15(20)18-11-7-10(16)4-6-13(11)21-2/h3-7,12,19H,8H2,1-2H3,(H2,17,18,20). The second-order valence-electron chi connectivity index (χ2n) is 4.64. The number of carbonyl (C=O) groups is 1. The van der Waals surface area contributed by atoms with Crippen molar-refractivity contribution in [3.05, 3.63) is 46.9 Å². The van der Waals surface area contributed by atoms with Gasteiger partial charge in [0, 0.05) is 5.02 Å². The molecule has 1 heterocycles. The number of nitrogens with one attached hydrogen (secondary N) is 2. The number of amides is 2. The van der Waals surface area contributed by atoms with Gasteiger partial charge >= 0.3 is 6.03 Å². The van der Waals surface area contributed by atoms with E-state index in [9.17, 15) is 9.90 Å². The fourth-order valence-corrected chi connectivity index (χ4v) is 2.04. The summed E-state index contributed by atoms with van der Waals surface area (Å²) < 4.78 is 10.4. The van der Waals surface area contributed by atoms with E-state index in [0.29, 0.717) is 28.0 Å². The van der Waals surface area contributed by atoms with E-state index in [4.69, 9.17) is 20.8 Å². The van der Waals surface area contributed by atoms with E-state index in [1.54, 1.807) is 37.3 Å². The number of furan rings is 1. The van der Waals surface area contributed by atoms with Crippen LogP contribution in [0, 0.1) is 6.92 Å². The summed E-state index contributed by atoms with van der Waals surface area (Å²) >= 11 is 5.89. The molecule has 1 unspecified atom stereocenters. The van der Waals surface area contributed by atoms with E-state index in [0.717, 1.165) is 0 Å². The molecule has 7 heteroatoms. The van der Waals surface area contributed by atoms with Crippen LogP contribution in [-0.4, -0.2) is 24.8 Å². The molecule has 6 nitrogen and oxygen atoms in total. The lowest BCUT2D eigenvalue weighted by atomic mass is 10.2. The summed E-state index contributed by atoms with van der Waals surface area (Å²) in [6, 6.07) is 7.81. The summed E-state index contributed by atoms with van der Waals surface area (Å²) in [5.41, 5.74) is 0.441. The molecule has 22 heavy (non-hydrogen) atoms. The quantitative estimate of drug-likeness (QED) is 0.789. The van der Waals surface area contributed by atoms with Crippen LogP contribution in [0.3, 0.4) is 0 Å². The highest BCUT2D eigenvalue weighted by Crippen LogP contribution is 2.27. The lowest BCUT2D eigenvalue weighted by molar-refractivity contribution is 0.148. The molecule has 2 rings (SSSR count). The van der Waals surface area contributed by atoms with Gasteiger partial charge in [-0.25, -0.2) is 4.79 Å². The first kappa shape index (κ1) is 16.2. The molecule has 0 aliphatic heterocycles. The number of hydrogen-bond acceptors (Lipinski definition) is 4. The molecule has 1 atom stereocenters. The van der Waals surface area contributed by atoms with Crippen molar-refractivity contribution in [2.45, 2.75) is 13.0 Å². The van der Waals surface area contributed by atoms with Crippen LogP contribution in [0.5, 0.6) is 5.75 Å². The molecule has 0 bridgehead atoms. The molecule has 0 aliphatic carbocycles. The molecule has 0 radical (unpaired) electrons. The van der Waals surface area contributed by atoms with Crippen LogP contribution in [-0.2, 0) is 0 Å². The second-order valence-corrected chi connectivity index (χ2v) is 5.08. The molecule has 1 aromatic carbocycles. The minimum absolute atomic E-state index is 0.0155. The lowest BCUT2D eigenvalue weighted by Crippen LogP contribution is -2.32. The zero-order valence-corrected chi connectivity index (χ0v) is 13.0. The maximum absolute atomic E-state index is 11.9. The van der Waals surface area contributed by atoms with Gasteiger partial charge in [0.15, 0.2) is 0 Å². The third-order valence-electron chi connectivity index (χ3n) is 2.96. The van der Waals surface area contributed by atoms with E-state index in [1.807, 2.05) is 0 Å². The van der Waals surface area contributed by atoms with Crippen molar-refractivity contribution in [1.82, 2.24) is 5.32 Å². The average molecular weight is 325 g/mol. The number of carbonyl (C=O) groups excluding carboxylic acids is 1. The van der Waals surface area contributed by atoms with Gasteiger partial charge in [-0.1, -0.05) is 11.6 Å². The van der Waals surface area contributed by atoms with E-state index in [1.165, 1.54) is 7.11 Å². The van der Waals surface area contributed by atoms with Crippen molar-refractivity contribution in [1.29, 1.82) is 0 Å². The molecule has 2 amide bonds. The van der Waals surface area contributed by atoms with Gasteiger partial charge in [0.1, 0.15) is 23.4 Å².